The van der Waals surface area contributed by atoms with Gasteiger partial charge < -0.3 is 9.15 Å². The van der Waals surface area contributed by atoms with Gasteiger partial charge in [0.25, 0.3) is 5.89 Å². The molecule has 0 radical (unpaired) electrons. The van der Waals surface area contributed by atoms with E-state index in [0.29, 0.717) is 23.8 Å². The zero-order valence-electron chi connectivity index (χ0n) is 18.3. The van der Waals surface area contributed by atoms with E-state index >= 15 is 0 Å². The molecule has 1 aliphatic heterocycles. The molecule has 2 heterocycles. The molecular weight excluding hydrogens is 466 g/mol. The number of hydrogen-bond donors (Lipinski definition) is 0. The Balaban J connectivity index is 1.33. The van der Waals surface area contributed by atoms with Gasteiger partial charge in [-0.2, -0.15) is 4.31 Å². The molecule has 2 aromatic carbocycles. The molecule has 0 saturated carbocycles. The molecule has 8 nitrogen and oxygen atoms in total. The fourth-order valence-corrected chi connectivity index (χ4v) is 5.22. The van der Waals surface area contributed by atoms with Gasteiger partial charge in [-0.25, -0.2) is 8.42 Å². The summed E-state index contributed by atoms with van der Waals surface area (Å²) in [7, 11) is -3.63. The fourth-order valence-electron chi connectivity index (χ4n) is 3.62. The minimum Gasteiger partial charge on any atom is -0.452 e. The lowest BCUT2D eigenvalue weighted by molar-refractivity contribution is -0.156. The summed E-state index contributed by atoms with van der Waals surface area (Å²) in [5.74, 6) is -0.236. The molecule has 10 heteroatoms. The van der Waals surface area contributed by atoms with Crippen molar-refractivity contribution in [3.05, 3.63) is 65.0 Å². The van der Waals surface area contributed by atoms with Gasteiger partial charge in [0.05, 0.1) is 10.8 Å². The maximum atomic E-state index is 12.8. The quantitative estimate of drug-likeness (QED) is 0.472. The van der Waals surface area contributed by atoms with Gasteiger partial charge in [-0.05, 0) is 63.1 Å². The van der Waals surface area contributed by atoms with Gasteiger partial charge >= 0.3 is 5.97 Å². The van der Waals surface area contributed by atoms with Crippen molar-refractivity contribution < 1.29 is 22.4 Å². The monoisotopic (exact) mass is 489 g/mol. The number of sulfonamides is 1. The Morgan fingerprint density at radius 1 is 1.09 bits per heavy atom. The molecule has 4 rings (SSSR count). The predicted octanol–water partition coefficient (Wildman–Crippen LogP) is 4.40. The molecule has 0 bridgehead atoms. The first kappa shape index (κ1) is 23.4. The first-order chi connectivity index (χ1) is 15.7. The normalized spacial score (nSPS) is 16.5. The Kier molecular flexibility index (Phi) is 6.83. The van der Waals surface area contributed by atoms with Crippen LogP contribution in [0.25, 0.3) is 11.5 Å². The third-order valence-electron chi connectivity index (χ3n) is 5.62. The fraction of sp³-hybridized carbons (Fsp3) is 0.348. The van der Waals surface area contributed by atoms with E-state index in [2.05, 4.69) is 10.2 Å². The molecule has 0 N–H and O–H groups in total. The van der Waals surface area contributed by atoms with Crippen LogP contribution in [0.3, 0.4) is 0 Å². The number of halogens is 1. The zero-order valence-corrected chi connectivity index (χ0v) is 19.8. The lowest BCUT2D eigenvalue weighted by Crippen LogP contribution is -2.40. The highest BCUT2D eigenvalue weighted by Crippen LogP contribution is 2.28. The molecule has 0 unspecified atom stereocenters. The van der Waals surface area contributed by atoms with Crippen molar-refractivity contribution in [2.45, 2.75) is 37.7 Å². The Morgan fingerprint density at radius 2 is 1.73 bits per heavy atom. The average molecular weight is 490 g/mol. The van der Waals surface area contributed by atoms with E-state index in [4.69, 9.17) is 20.8 Å². The summed E-state index contributed by atoms with van der Waals surface area (Å²) in [5, 5.41) is 8.51. The minimum atomic E-state index is -3.63. The van der Waals surface area contributed by atoms with E-state index in [9.17, 15) is 13.2 Å². The number of carbonyl (C=O) groups is 1. The summed E-state index contributed by atoms with van der Waals surface area (Å²) in [6.45, 7) is 4.13. The number of ether oxygens (including phenoxy) is 1. The maximum absolute atomic E-state index is 12.8. The third kappa shape index (κ3) is 5.26. The topological polar surface area (TPSA) is 103 Å². The smallest absolute Gasteiger partial charge is 0.309 e. The van der Waals surface area contributed by atoms with Crippen LogP contribution in [0.2, 0.25) is 5.02 Å². The van der Waals surface area contributed by atoms with Crippen molar-refractivity contribution in [2.24, 2.45) is 5.92 Å². The molecule has 33 heavy (non-hydrogen) atoms. The molecule has 0 aliphatic carbocycles. The highest BCUT2D eigenvalue weighted by molar-refractivity contribution is 7.89. The van der Waals surface area contributed by atoms with Gasteiger partial charge in [-0.1, -0.05) is 29.3 Å². The number of esters is 1. The lowest BCUT2D eigenvalue weighted by atomic mass is 9.98. The first-order valence-electron chi connectivity index (χ1n) is 10.6. The van der Waals surface area contributed by atoms with Crippen LogP contribution in [0.5, 0.6) is 0 Å². The Labute approximate surface area is 197 Å². The Morgan fingerprint density at radius 3 is 2.36 bits per heavy atom. The van der Waals surface area contributed by atoms with Crippen LogP contribution in [-0.4, -0.2) is 42.0 Å². The molecule has 1 fully saturated rings. The summed E-state index contributed by atoms with van der Waals surface area (Å²) < 4.78 is 38.2. The van der Waals surface area contributed by atoms with E-state index in [1.54, 1.807) is 19.1 Å². The third-order valence-corrected chi connectivity index (χ3v) is 7.78. The largest absolute Gasteiger partial charge is 0.452 e. The second kappa shape index (κ2) is 9.62. The van der Waals surface area contributed by atoms with E-state index in [1.807, 2.05) is 31.2 Å². The molecule has 3 aromatic rings. The molecule has 0 amide bonds. The summed E-state index contributed by atoms with van der Waals surface area (Å²) in [4.78, 5) is 12.8. The number of aryl methyl sites for hydroxylation is 1. The van der Waals surface area contributed by atoms with Crippen LogP contribution >= 0.6 is 11.6 Å². The summed E-state index contributed by atoms with van der Waals surface area (Å²) in [6.07, 6.45) is 0.0354. The minimum absolute atomic E-state index is 0.183. The number of aromatic nitrogens is 2. The van der Waals surface area contributed by atoms with E-state index in [0.717, 1.165) is 11.1 Å². The van der Waals surface area contributed by atoms with Crippen molar-refractivity contribution in [3.8, 4) is 11.5 Å². The number of benzene rings is 2. The van der Waals surface area contributed by atoms with Crippen molar-refractivity contribution in [1.29, 1.82) is 0 Å². The van der Waals surface area contributed by atoms with Gasteiger partial charge in [-0.15, -0.1) is 10.2 Å². The van der Waals surface area contributed by atoms with E-state index in [-0.39, 0.29) is 23.9 Å². The second-order valence-electron chi connectivity index (χ2n) is 8.02. The first-order valence-corrected chi connectivity index (χ1v) is 12.4. The molecule has 174 valence electrons. The average Bonchev–Trinajstić information content (AvgIpc) is 3.30. The van der Waals surface area contributed by atoms with Crippen LogP contribution < -0.4 is 0 Å². The van der Waals surface area contributed by atoms with Gasteiger partial charge in [0.2, 0.25) is 15.9 Å². The predicted molar refractivity (Wildman–Crippen MR) is 122 cm³/mol. The molecule has 1 saturated heterocycles. The van der Waals surface area contributed by atoms with Gasteiger partial charge in [-0.3, -0.25) is 4.79 Å². The molecule has 1 aromatic heterocycles. The summed E-state index contributed by atoms with van der Waals surface area (Å²) in [6, 6.07) is 13.7. The maximum Gasteiger partial charge on any atom is 0.309 e. The van der Waals surface area contributed by atoms with Crippen molar-refractivity contribution in [1.82, 2.24) is 14.5 Å². The van der Waals surface area contributed by atoms with Gasteiger partial charge in [0.15, 0.2) is 6.10 Å². The van der Waals surface area contributed by atoms with Crippen LogP contribution in [0.1, 0.15) is 37.3 Å². The molecule has 1 aliphatic rings. The Hall–Kier alpha value is -2.75. The second-order valence-corrected chi connectivity index (χ2v) is 10.4. The number of hydrogen-bond acceptors (Lipinski definition) is 7. The number of carbonyl (C=O) groups excluding carboxylic acids is 1. The summed E-state index contributed by atoms with van der Waals surface area (Å²) >= 11 is 5.85. The number of piperidine rings is 1. The van der Waals surface area contributed by atoms with Gasteiger partial charge in [0.1, 0.15) is 0 Å². The number of nitrogens with zero attached hydrogens (tertiary/aromatic N) is 3. The lowest BCUT2D eigenvalue weighted by Gasteiger charge is -2.30. The van der Waals surface area contributed by atoms with Crippen LogP contribution in [-0.2, 0) is 19.6 Å². The molecule has 1 atom stereocenters. The molecular formula is C23H24ClN3O5S. The molecule has 0 spiro atoms. The van der Waals surface area contributed by atoms with E-state index in [1.165, 1.54) is 16.4 Å². The van der Waals surface area contributed by atoms with E-state index < -0.39 is 28.0 Å². The van der Waals surface area contributed by atoms with Crippen LogP contribution in [0.4, 0.5) is 0 Å². The van der Waals surface area contributed by atoms with Crippen molar-refractivity contribution in [3.63, 3.8) is 0 Å². The van der Waals surface area contributed by atoms with Crippen molar-refractivity contribution >= 4 is 27.6 Å². The standard InChI is InChI=1S/C23H24ClN3O5S/c1-15-3-5-17(6-4-15)22-26-25-21(32-22)16(2)31-23(28)18-11-13-27(14-12-18)33(29,30)20-9-7-19(24)8-10-20/h3-10,16,18H,11-14H2,1-2H3/t16-/m1/s1. The van der Waals surface area contributed by atoms with Gasteiger partial charge in [0, 0.05) is 23.7 Å². The highest BCUT2D eigenvalue weighted by atomic mass is 35.5. The van der Waals surface area contributed by atoms with Crippen LogP contribution in [0.15, 0.2) is 57.8 Å². The Bertz CT molecular complexity index is 1220. The zero-order chi connectivity index (χ0) is 23.6. The highest BCUT2D eigenvalue weighted by Gasteiger charge is 2.34. The SMILES string of the molecule is Cc1ccc(-c2nnc([C@@H](C)OC(=O)C3CCN(S(=O)(=O)c4ccc(Cl)cc4)CC3)o2)cc1. The number of rotatable bonds is 6. The summed E-state index contributed by atoms with van der Waals surface area (Å²) in [5.41, 5.74) is 1.90. The van der Waals surface area contributed by atoms with Crippen LogP contribution in [0, 0.1) is 12.8 Å². The van der Waals surface area contributed by atoms with Crippen molar-refractivity contribution in [2.75, 3.05) is 13.1 Å².